The number of carbonyl (C=O) groups excluding carboxylic acids is 1. The predicted molar refractivity (Wildman–Crippen MR) is 102 cm³/mol. The van der Waals surface area contributed by atoms with Crippen molar-refractivity contribution in [1.29, 1.82) is 0 Å². The molecule has 2 aliphatic heterocycles. The molecule has 140 valence electrons. The lowest BCUT2D eigenvalue weighted by Gasteiger charge is -2.32. The van der Waals surface area contributed by atoms with E-state index in [0.717, 1.165) is 23.5 Å². The van der Waals surface area contributed by atoms with Gasteiger partial charge in [-0.15, -0.1) is 15.7 Å². The van der Waals surface area contributed by atoms with Gasteiger partial charge in [-0.25, -0.2) is 15.0 Å². The van der Waals surface area contributed by atoms with Crippen LogP contribution < -0.4 is 10.7 Å². The number of amidine groups is 1. The first kappa shape index (κ1) is 17.6. The number of nitrogens with two attached hydrogens (primary N) is 1. The van der Waals surface area contributed by atoms with Gasteiger partial charge in [-0.1, -0.05) is 19.1 Å². The minimum Gasteiger partial charge on any atom is -0.363 e. The molecule has 4 rings (SSSR count). The first-order valence-corrected chi connectivity index (χ1v) is 10.6. The van der Waals surface area contributed by atoms with E-state index in [0.29, 0.717) is 5.69 Å². The molecule has 0 saturated heterocycles. The molecule has 2 aromatic rings. The van der Waals surface area contributed by atoms with Gasteiger partial charge in [0.15, 0.2) is 0 Å². The average molecular weight is 404 g/mol. The first-order valence-electron chi connectivity index (χ1n) is 8.24. The summed E-state index contributed by atoms with van der Waals surface area (Å²) in [4.78, 5) is 20.6. The van der Waals surface area contributed by atoms with Crippen molar-refractivity contribution in [1.82, 2.24) is 9.99 Å². The summed E-state index contributed by atoms with van der Waals surface area (Å²) >= 11 is 1.54. The van der Waals surface area contributed by atoms with Gasteiger partial charge < -0.3 is 5.73 Å². The zero-order valence-corrected chi connectivity index (χ0v) is 16.0. The third-order valence-electron chi connectivity index (χ3n) is 4.05. The van der Waals surface area contributed by atoms with E-state index in [1.54, 1.807) is 29.5 Å². The molecule has 0 fully saturated rings. The molecule has 11 heteroatoms. The Morgan fingerprint density at radius 1 is 1.30 bits per heavy atom. The molecule has 0 aliphatic carbocycles. The number of benzene rings is 1. The van der Waals surface area contributed by atoms with Gasteiger partial charge >= 0.3 is 0 Å². The summed E-state index contributed by atoms with van der Waals surface area (Å²) in [6.07, 6.45) is 1.86. The summed E-state index contributed by atoms with van der Waals surface area (Å²) < 4.78 is 28.5. The van der Waals surface area contributed by atoms with Gasteiger partial charge in [0.2, 0.25) is 5.84 Å². The lowest BCUT2D eigenvalue weighted by atomic mass is 10.3. The van der Waals surface area contributed by atoms with E-state index in [1.165, 1.54) is 16.1 Å². The largest absolute Gasteiger partial charge is 0.363 e. The zero-order chi connectivity index (χ0) is 19.2. The van der Waals surface area contributed by atoms with E-state index in [-0.39, 0.29) is 23.2 Å². The number of aliphatic imine (C=N–C) groups is 1. The molecule has 2 aliphatic rings. The number of aryl methyl sites for hydroxylation is 1. The van der Waals surface area contributed by atoms with Crippen LogP contribution in [-0.2, 0) is 27.8 Å². The van der Waals surface area contributed by atoms with Gasteiger partial charge in [-0.2, -0.15) is 13.4 Å². The van der Waals surface area contributed by atoms with Gasteiger partial charge in [-0.3, -0.25) is 4.79 Å². The first-order chi connectivity index (χ1) is 12.9. The van der Waals surface area contributed by atoms with Gasteiger partial charge in [0.05, 0.1) is 22.9 Å². The second-order valence-corrected chi connectivity index (χ2v) is 8.50. The standard InChI is InChI=1S/C16H16N6O3S2/c1-2-5-13-18-10(9-26-13)8-21-15(14(17)23)19-16-20-27(24,25)12-7-4-3-6-11(12)22(16)21/h3-4,6-7,9H,2,5,8H2,1H3,(H2,17,23). The van der Waals surface area contributed by atoms with Crippen molar-refractivity contribution in [2.24, 2.45) is 15.1 Å². The molecule has 3 heterocycles. The van der Waals surface area contributed by atoms with Crippen LogP contribution in [0.3, 0.4) is 0 Å². The predicted octanol–water partition coefficient (Wildman–Crippen LogP) is 1.27. The number of sulfonamides is 1. The van der Waals surface area contributed by atoms with Crippen molar-refractivity contribution in [2.45, 2.75) is 31.2 Å². The van der Waals surface area contributed by atoms with Crippen molar-refractivity contribution < 1.29 is 13.2 Å². The number of anilines is 1. The van der Waals surface area contributed by atoms with Gasteiger partial charge in [-0.05, 0) is 25.0 Å². The van der Waals surface area contributed by atoms with E-state index in [2.05, 4.69) is 21.3 Å². The van der Waals surface area contributed by atoms with Gasteiger partial charge in [0, 0.05) is 5.38 Å². The van der Waals surface area contributed by atoms with Gasteiger partial charge in [0.25, 0.3) is 21.9 Å². The van der Waals surface area contributed by atoms with E-state index >= 15 is 0 Å². The molecule has 0 unspecified atom stereocenters. The second kappa shape index (κ2) is 6.43. The number of thiazole rings is 1. The number of primary amides is 1. The fourth-order valence-electron chi connectivity index (χ4n) is 2.94. The number of guanidine groups is 1. The molecule has 2 N–H and O–H groups in total. The number of fused-ring (bicyclic) bond motifs is 3. The molecule has 0 radical (unpaired) electrons. The molecule has 0 bridgehead atoms. The van der Waals surface area contributed by atoms with E-state index in [9.17, 15) is 13.2 Å². The molecule has 27 heavy (non-hydrogen) atoms. The fourth-order valence-corrected chi connectivity index (χ4v) is 4.93. The third-order valence-corrected chi connectivity index (χ3v) is 6.31. The number of hydrazine groups is 1. The van der Waals surface area contributed by atoms with Crippen molar-refractivity contribution in [3.8, 4) is 0 Å². The summed E-state index contributed by atoms with van der Waals surface area (Å²) in [5, 5.41) is 5.92. The molecule has 1 amide bonds. The highest BCUT2D eigenvalue weighted by Gasteiger charge is 2.41. The third kappa shape index (κ3) is 2.98. The number of hydrogen-bond donors (Lipinski definition) is 1. The van der Waals surface area contributed by atoms with Crippen LogP contribution in [0.25, 0.3) is 0 Å². The highest BCUT2D eigenvalue weighted by atomic mass is 32.2. The Hall–Kier alpha value is -2.79. The van der Waals surface area contributed by atoms with Gasteiger partial charge in [0.1, 0.15) is 4.90 Å². The average Bonchev–Trinajstić information content (AvgIpc) is 3.20. The lowest BCUT2D eigenvalue weighted by molar-refractivity contribution is -0.112. The summed E-state index contributed by atoms with van der Waals surface area (Å²) in [7, 11) is -3.90. The Morgan fingerprint density at radius 2 is 2.07 bits per heavy atom. The van der Waals surface area contributed by atoms with Crippen molar-refractivity contribution >= 4 is 44.7 Å². The van der Waals surface area contributed by atoms with Crippen LogP contribution in [-0.4, -0.2) is 36.1 Å². The van der Waals surface area contributed by atoms with Crippen LogP contribution in [0.5, 0.6) is 0 Å². The molecule has 9 nitrogen and oxygen atoms in total. The number of hydrogen-bond acceptors (Lipinski definition) is 8. The Labute approximate surface area is 159 Å². The summed E-state index contributed by atoms with van der Waals surface area (Å²) in [6.45, 7) is 2.29. The molecular formula is C16H16N6O3S2. The van der Waals surface area contributed by atoms with Crippen LogP contribution >= 0.6 is 11.3 Å². The minimum absolute atomic E-state index is 0.0459. The Kier molecular flexibility index (Phi) is 4.19. The van der Waals surface area contributed by atoms with E-state index < -0.39 is 15.9 Å². The molecule has 0 atom stereocenters. The number of aromatic nitrogens is 1. The van der Waals surface area contributed by atoms with Crippen LogP contribution in [0.2, 0.25) is 0 Å². The topological polar surface area (TPSA) is 121 Å². The summed E-state index contributed by atoms with van der Waals surface area (Å²) in [5.74, 6) is -0.955. The molecular weight excluding hydrogens is 388 g/mol. The normalized spacial score (nSPS) is 17.2. The van der Waals surface area contributed by atoms with Crippen LogP contribution in [0.4, 0.5) is 5.69 Å². The second-order valence-electron chi connectivity index (χ2n) is 5.99. The monoisotopic (exact) mass is 404 g/mol. The highest BCUT2D eigenvalue weighted by molar-refractivity contribution is 7.90. The molecule has 0 saturated carbocycles. The fraction of sp³-hybridized carbons (Fsp3) is 0.250. The zero-order valence-electron chi connectivity index (χ0n) is 14.4. The number of para-hydroxylation sites is 1. The minimum atomic E-state index is -3.90. The van der Waals surface area contributed by atoms with Crippen molar-refractivity contribution in [3.05, 3.63) is 40.3 Å². The molecule has 1 aromatic carbocycles. The van der Waals surface area contributed by atoms with Crippen LogP contribution in [0.15, 0.2) is 43.9 Å². The molecule has 1 aromatic heterocycles. The van der Waals surface area contributed by atoms with E-state index in [4.69, 9.17) is 5.73 Å². The number of amides is 1. The molecule has 0 spiro atoms. The van der Waals surface area contributed by atoms with Crippen LogP contribution in [0, 0.1) is 0 Å². The maximum absolute atomic E-state index is 12.4. The Morgan fingerprint density at radius 3 is 2.81 bits per heavy atom. The SMILES string of the molecule is CCCc1nc(CN2C(C(N)=O)=NC3=NS(=O)(=O)c4ccccc4N32)cs1. The number of carbonyl (C=O) groups is 1. The summed E-state index contributed by atoms with van der Waals surface area (Å²) in [6, 6.07) is 6.43. The summed E-state index contributed by atoms with van der Waals surface area (Å²) in [5.41, 5.74) is 6.58. The highest BCUT2D eigenvalue weighted by Crippen LogP contribution is 2.35. The lowest BCUT2D eigenvalue weighted by Crippen LogP contribution is -2.48. The number of nitrogens with zero attached hydrogens (tertiary/aromatic N) is 5. The van der Waals surface area contributed by atoms with Crippen molar-refractivity contribution in [2.75, 3.05) is 5.01 Å². The smallest absolute Gasteiger partial charge is 0.287 e. The maximum Gasteiger partial charge on any atom is 0.287 e. The quantitative estimate of drug-likeness (QED) is 0.801. The Balaban J connectivity index is 1.78. The van der Waals surface area contributed by atoms with E-state index in [1.807, 2.05) is 5.38 Å². The Bertz CT molecular complexity index is 1090. The maximum atomic E-state index is 12.4. The van der Waals surface area contributed by atoms with Crippen molar-refractivity contribution in [3.63, 3.8) is 0 Å². The number of rotatable bonds is 5. The van der Waals surface area contributed by atoms with Crippen LogP contribution in [0.1, 0.15) is 24.0 Å².